The maximum atomic E-state index is 12.6. The molecule has 0 saturated carbocycles. The summed E-state index contributed by atoms with van der Waals surface area (Å²) in [4.78, 5) is 6.57. The molecule has 0 bridgehead atoms. The molecule has 1 aromatic heterocycles. The second-order valence-electron chi connectivity index (χ2n) is 4.84. The first kappa shape index (κ1) is 15.0. The lowest BCUT2D eigenvalue weighted by Gasteiger charge is -2.33. The van der Waals surface area contributed by atoms with Crippen LogP contribution in [0.3, 0.4) is 0 Å². The Labute approximate surface area is 133 Å². The molecule has 114 valence electrons. The summed E-state index contributed by atoms with van der Waals surface area (Å²) in [6.45, 7) is 2.12. The monoisotopic (exact) mass is 334 g/mol. The van der Waals surface area contributed by atoms with E-state index in [9.17, 15) is 8.42 Å². The molecule has 0 unspecified atom stereocenters. The number of piperazine rings is 1. The highest BCUT2D eigenvalue weighted by Gasteiger charge is 2.29. The van der Waals surface area contributed by atoms with E-state index in [0.29, 0.717) is 31.7 Å². The molecule has 3 rings (SSSR count). The van der Waals surface area contributed by atoms with Crippen molar-refractivity contribution in [3.8, 4) is 6.07 Å². The molecule has 2 heterocycles. The number of thiazole rings is 1. The topological polar surface area (TPSA) is 77.3 Å². The fourth-order valence-electron chi connectivity index (χ4n) is 2.34. The Morgan fingerprint density at radius 1 is 1.14 bits per heavy atom. The molecule has 0 amide bonds. The molecule has 0 spiro atoms. The number of anilines is 1. The molecular weight excluding hydrogens is 320 g/mol. The fourth-order valence-corrected chi connectivity index (χ4v) is 4.46. The van der Waals surface area contributed by atoms with Crippen molar-refractivity contribution in [1.29, 1.82) is 5.26 Å². The van der Waals surface area contributed by atoms with Crippen molar-refractivity contribution in [1.82, 2.24) is 9.29 Å². The lowest BCUT2D eigenvalue weighted by molar-refractivity contribution is 0.385. The summed E-state index contributed by atoms with van der Waals surface area (Å²) in [5, 5.41) is 11.6. The maximum absolute atomic E-state index is 12.6. The molecule has 1 aliphatic heterocycles. The van der Waals surface area contributed by atoms with Crippen molar-refractivity contribution in [3.05, 3.63) is 41.4 Å². The van der Waals surface area contributed by atoms with Crippen LogP contribution in [0, 0.1) is 11.3 Å². The number of hydrogen-bond donors (Lipinski definition) is 0. The van der Waals surface area contributed by atoms with Crippen molar-refractivity contribution in [2.24, 2.45) is 0 Å². The predicted molar refractivity (Wildman–Crippen MR) is 84.2 cm³/mol. The maximum Gasteiger partial charge on any atom is 0.243 e. The SMILES string of the molecule is N#Cc1ccc(S(=O)(=O)N2CCN(c3nccs3)CC2)cc1. The van der Waals surface area contributed by atoms with E-state index in [4.69, 9.17) is 5.26 Å². The van der Waals surface area contributed by atoms with Gasteiger partial charge >= 0.3 is 0 Å². The molecule has 0 aliphatic carbocycles. The zero-order valence-electron chi connectivity index (χ0n) is 11.7. The Bertz CT molecular complexity index is 771. The number of hydrogen-bond acceptors (Lipinski definition) is 6. The van der Waals surface area contributed by atoms with Gasteiger partial charge in [-0.3, -0.25) is 0 Å². The molecule has 2 aromatic rings. The van der Waals surface area contributed by atoms with Crippen molar-refractivity contribution >= 4 is 26.5 Å². The van der Waals surface area contributed by atoms with Gasteiger partial charge < -0.3 is 4.90 Å². The van der Waals surface area contributed by atoms with E-state index < -0.39 is 10.0 Å². The summed E-state index contributed by atoms with van der Waals surface area (Å²) in [5.41, 5.74) is 0.451. The number of benzene rings is 1. The van der Waals surface area contributed by atoms with Crippen LogP contribution in [-0.4, -0.2) is 43.9 Å². The number of nitriles is 1. The highest BCUT2D eigenvalue weighted by molar-refractivity contribution is 7.89. The highest BCUT2D eigenvalue weighted by Crippen LogP contribution is 2.22. The van der Waals surface area contributed by atoms with Crippen molar-refractivity contribution in [2.75, 3.05) is 31.1 Å². The number of sulfonamides is 1. The van der Waals surface area contributed by atoms with Crippen molar-refractivity contribution < 1.29 is 8.42 Å². The van der Waals surface area contributed by atoms with Crippen LogP contribution in [0.5, 0.6) is 0 Å². The van der Waals surface area contributed by atoms with Crippen LogP contribution in [-0.2, 0) is 10.0 Å². The van der Waals surface area contributed by atoms with Crippen LogP contribution < -0.4 is 4.90 Å². The average molecular weight is 334 g/mol. The summed E-state index contributed by atoms with van der Waals surface area (Å²) >= 11 is 1.55. The quantitative estimate of drug-likeness (QED) is 0.850. The summed E-state index contributed by atoms with van der Waals surface area (Å²) in [6, 6.07) is 8.01. The van der Waals surface area contributed by atoms with Crippen LogP contribution >= 0.6 is 11.3 Å². The smallest absolute Gasteiger partial charge is 0.243 e. The van der Waals surface area contributed by atoms with Crippen molar-refractivity contribution in [3.63, 3.8) is 0 Å². The molecule has 0 N–H and O–H groups in total. The number of aromatic nitrogens is 1. The first-order chi connectivity index (χ1) is 10.6. The van der Waals surface area contributed by atoms with Crippen molar-refractivity contribution in [2.45, 2.75) is 4.90 Å². The number of nitrogens with zero attached hydrogens (tertiary/aromatic N) is 4. The molecule has 8 heteroatoms. The second kappa shape index (κ2) is 6.04. The molecule has 1 aliphatic rings. The third-order valence-electron chi connectivity index (χ3n) is 3.55. The third-order valence-corrected chi connectivity index (χ3v) is 6.29. The van der Waals surface area contributed by atoms with Gasteiger partial charge in [-0.25, -0.2) is 13.4 Å². The Kier molecular flexibility index (Phi) is 4.11. The van der Waals surface area contributed by atoms with Gasteiger partial charge in [0.05, 0.1) is 16.5 Å². The Morgan fingerprint density at radius 3 is 2.36 bits per heavy atom. The van der Waals surface area contributed by atoms with E-state index in [-0.39, 0.29) is 4.90 Å². The van der Waals surface area contributed by atoms with E-state index in [2.05, 4.69) is 9.88 Å². The summed E-state index contributed by atoms with van der Waals surface area (Å²) in [6.07, 6.45) is 1.75. The Balaban J connectivity index is 1.73. The normalized spacial score (nSPS) is 16.4. The van der Waals surface area contributed by atoms with Gasteiger partial charge in [0, 0.05) is 37.8 Å². The van der Waals surface area contributed by atoms with E-state index in [0.717, 1.165) is 5.13 Å². The van der Waals surface area contributed by atoms with Gasteiger partial charge in [0.15, 0.2) is 5.13 Å². The summed E-state index contributed by atoms with van der Waals surface area (Å²) in [5.74, 6) is 0. The second-order valence-corrected chi connectivity index (χ2v) is 7.65. The minimum atomic E-state index is -3.50. The van der Waals surface area contributed by atoms with Gasteiger partial charge in [0.1, 0.15) is 0 Å². The molecule has 1 aromatic carbocycles. The van der Waals surface area contributed by atoms with E-state index in [1.54, 1.807) is 17.5 Å². The van der Waals surface area contributed by atoms with Gasteiger partial charge in [-0.1, -0.05) is 0 Å². The third kappa shape index (κ3) is 2.83. The fraction of sp³-hybridized carbons (Fsp3) is 0.286. The minimum absolute atomic E-state index is 0.231. The lowest BCUT2D eigenvalue weighted by Crippen LogP contribution is -2.48. The van der Waals surface area contributed by atoms with Gasteiger partial charge in [0.25, 0.3) is 0 Å². The van der Waals surface area contributed by atoms with Crippen LogP contribution in [0.15, 0.2) is 40.7 Å². The summed E-state index contributed by atoms with van der Waals surface area (Å²) < 4.78 is 26.7. The lowest BCUT2D eigenvalue weighted by atomic mass is 10.2. The molecule has 1 fully saturated rings. The van der Waals surface area contributed by atoms with E-state index in [1.165, 1.54) is 28.6 Å². The van der Waals surface area contributed by atoms with Crippen LogP contribution in [0.4, 0.5) is 5.13 Å². The molecule has 1 saturated heterocycles. The zero-order chi connectivity index (χ0) is 15.6. The van der Waals surface area contributed by atoms with Crippen LogP contribution in [0.2, 0.25) is 0 Å². The number of rotatable bonds is 3. The standard InChI is InChI=1S/C14H14N4O2S2/c15-11-12-1-3-13(4-2-12)22(19,20)18-8-6-17(7-9-18)14-16-5-10-21-14/h1-5,10H,6-9H2. The van der Waals surface area contributed by atoms with Crippen LogP contribution in [0.1, 0.15) is 5.56 Å². The molecular formula is C14H14N4O2S2. The Morgan fingerprint density at radius 2 is 1.82 bits per heavy atom. The molecule has 0 radical (unpaired) electrons. The summed E-state index contributed by atoms with van der Waals surface area (Å²) in [7, 11) is -3.50. The molecule has 6 nitrogen and oxygen atoms in total. The Hall–Kier alpha value is -1.95. The average Bonchev–Trinajstić information content (AvgIpc) is 3.09. The first-order valence-corrected chi connectivity index (χ1v) is 9.08. The van der Waals surface area contributed by atoms with Crippen LogP contribution in [0.25, 0.3) is 0 Å². The molecule has 22 heavy (non-hydrogen) atoms. The molecule has 0 atom stereocenters. The van der Waals surface area contributed by atoms with Gasteiger partial charge in [-0.15, -0.1) is 11.3 Å². The largest absolute Gasteiger partial charge is 0.345 e. The zero-order valence-corrected chi connectivity index (χ0v) is 13.3. The van der Waals surface area contributed by atoms with Gasteiger partial charge in [0.2, 0.25) is 10.0 Å². The van der Waals surface area contributed by atoms with Gasteiger partial charge in [-0.05, 0) is 24.3 Å². The first-order valence-electron chi connectivity index (χ1n) is 6.76. The highest BCUT2D eigenvalue weighted by atomic mass is 32.2. The predicted octanol–water partition coefficient (Wildman–Crippen LogP) is 1.53. The van der Waals surface area contributed by atoms with Gasteiger partial charge in [-0.2, -0.15) is 9.57 Å². The van der Waals surface area contributed by atoms with E-state index >= 15 is 0 Å². The van der Waals surface area contributed by atoms with E-state index in [1.807, 2.05) is 11.4 Å². The minimum Gasteiger partial charge on any atom is -0.345 e.